The van der Waals surface area contributed by atoms with Gasteiger partial charge in [0.1, 0.15) is 19.0 Å². The average Bonchev–Trinajstić information content (AvgIpc) is 2.62. The Morgan fingerprint density at radius 3 is 2.78 bits per heavy atom. The number of rotatable bonds is 9. The first-order valence-corrected chi connectivity index (χ1v) is 9.74. The van der Waals surface area contributed by atoms with E-state index < -0.39 is 6.10 Å². The summed E-state index contributed by atoms with van der Waals surface area (Å²) in [5.41, 5.74) is 0.914. The zero-order chi connectivity index (χ0) is 19.2. The number of benzene rings is 1. The number of likely N-dealkylation sites (tertiary alicyclic amines) is 1. The van der Waals surface area contributed by atoms with Gasteiger partial charge in [-0.1, -0.05) is 0 Å². The fourth-order valence-electron chi connectivity index (χ4n) is 3.45. The zero-order valence-corrected chi connectivity index (χ0v) is 16.5. The van der Waals surface area contributed by atoms with Crippen molar-refractivity contribution in [2.45, 2.75) is 44.4 Å². The molecule has 1 aromatic carbocycles. The van der Waals surface area contributed by atoms with Gasteiger partial charge in [0.05, 0.1) is 13.3 Å². The second-order valence-electron chi connectivity index (χ2n) is 7.37. The molecule has 8 nitrogen and oxygen atoms in total. The molecule has 0 amide bonds. The lowest BCUT2D eigenvalue weighted by Gasteiger charge is -2.36. The molecule has 0 saturated carbocycles. The normalized spacial score (nSPS) is 26.9. The minimum atomic E-state index is -0.509. The number of β-amino-alcohol motifs (C(OH)–C–C–N with tert-alkyl or cyclic N) is 1. The molecule has 2 aliphatic heterocycles. The summed E-state index contributed by atoms with van der Waals surface area (Å²) in [6, 6.07) is 6.14. The molecule has 5 N–H and O–H groups in total. The zero-order valence-electron chi connectivity index (χ0n) is 16.5. The van der Waals surface area contributed by atoms with Gasteiger partial charge in [0, 0.05) is 24.3 Å². The van der Waals surface area contributed by atoms with Crippen molar-refractivity contribution in [3.8, 4) is 11.5 Å². The van der Waals surface area contributed by atoms with Gasteiger partial charge in [-0.2, -0.15) is 0 Å². The Bertz CT molecular complexity index is 599. The number of hydrogen-bond donors (Lipinski definition) is 5. The van der Waals surface area contributed by atoms with Gasteiger partial charge in [-0.3, -0.25) is 10.6 Å². The van der Waals surface area contributed by atoms with Gasteiger partial charge in [0.2, 0.25) is 0 Å². The van der Waals surface area contributed by atoms with E-state index in [0.29, 0.717) is 24.1 Å². The molecule has 3 unspecified atom stereocenters. The average molecular weight is 380 g/mol. The molecule has 4 atom stereocenters. The van der Waals surface area contributed by atoms with Crippen LogP contribution in [0.1, 0.15) is 19.8 Å². The van der Waals surface area contributed by atoms with E-state index in [2.05, 4.69) is 33.1 Å². The highest BCUT2D eigenvalue weighted by atomic mass is 16.5. The number of ether oxygens (including phenoxy) is 2. The quantitative estimate of drug-likeness (QED) is 0.420. The van der Waals surface area contributed by atoms with Crippen molar-refractivity contribution < 1.29 is 14.6 Å². The smallest absolute Gasteiger partial charge is 0.163 e. The van der Waals surface area contributed by atoms with Crippen LogP contribution in [0.15, 0.2) is 18.2 Å². The van der Waals surface area contributed by atoms with E-state index in [1.807, 2.05) is 25.2 Å². The van der Waals surface area contributed by atoms with E-state index in [9.17, 15) is 5.11 Å². The van der Waals surface area contributed by atoms with Crippen LogP contribution in [0.25, 0.3) is 0 Å². The van der Waals surface area contributed by atoms with E-state index in [1.165, 1.54) is 6.42 Å². The lowest BCUT2D eigenvalue weighted by Crippen LogP contribution is -2.63. The minimum Gasteiger partial charge on any atom is -0.493 e. The Morgan fingerprint density at radius 1 is 1.30 bits per heavy atom. The molecule has 2 saturated heterocycles. The van der Waals surface area contributed by atoms with Gasteiger partial charge < -0.3 is 30.1 Å². The largest absolute Gasteiger partial charge is 0.493 e. The molecule has 2 aliphatic rings. The molecule has 1 aromatic rings. The maximum Gasteiger partial charge on any atom is 0.163 e. The summed E-state index contributed by atoms with van der Waals surface area (Å²) in [6.45, 7) is 5.19. The van der Waals surface area contributed by atoms with Crippen LogP contribution < -0.4 is 30.7 Å². The third-order valence-electron chi connectivity index (χ3n) is 5.08. The summed E-state index contributed by atoms with van der Waals surface area (Å²) in [6.07, 6.45) is 1.92. The first kappa shape index (κ1) is 20.2. The molecule has 0 radical (unpaired) electrons. The number of nitrogens with one attached hydrogen (secondary N) is 4. The number of aliphatic hydroxyl groups excluding tert-OH is 1. The van der Waals surface area contributed by atoms with Crippen LogP contribution in [-0.4, -0.2) is 75.0 Å². The second-order valence-corrected chi connectivity index (χ2v) is 7.37. The van der Waals surface area contributed by atoms with Crippen molar-refractivity contribution in [3.63, 3.8) is 0 Å². The van der Waals surface area contributed by atoms with Crippen LogP contribution >= 0.6 is 0 Å². The molecule has 8 heteroatoms. The summed E-state index contributed by atoms with van der Waals surface area (Å²) in [5, 5.41) is 23.8. The van der Waals surface area contributed by atoms with Crippen molar-refractivity contribution in [3.05, 3.63) is 18.2 Å². The van der Waals surface area contributed by atoms with Crippen LogP contribution in [-0.2, 0) is 0 Å². The third kappa shape index (κ3) is 5.70. The highest BCUT2D eigenvalue weighted by Gasteiger charge is 2.24. The van der Waals surface area contributed by atoms with E-state index in [4.69, 9.17) is 9.47 Å². The van der Waals surface area contributed by atoms with Gasteiger partial charge in [0.25, 0.3) is 0 Å². The lowest BCUT2D eigenvalue weighted by molar-refractivity contribution is 0.0460. The van der Waals surface area contributed by atoms with Crippen LogP contribution in [0.2, 0.25) is 0 Å². The van der Waals surface area contributed by atoms with E-state index in [-0.39, 0.29) is 19.1 Å². The third-order valence-corrected chi connectivity index (χ3v) is 5.08. The Balaban J connectivity index is 1.58. The lowest BCUT2D eigenvalue weighted by atomic mass is 10.1. The van der Waals surface area contributed by atoms with Crippen molar-refractivity contribution in [1.82, 2.24) is 20.9 Å². The predicted octanol–water partition coefficient (Wildman–Crippen LogP) is 0.353. The Morgan fingerprint density at radius 2 is 2.11 bits per heavy atom. The van der Waals surface area contributed by atoms with Crippen LogP contribution in [0.4, 0.5) is 5.69 Å². The second kappa shape index (κ2) is 9.57. The molecule has 152 valence electrons. The number of methoxy groups -OCH3 is 1. The number of hydrogen-bond acceptors (Lipinski definition) is 8. The molecule has 0 bridgehead atoms. The molecular formula is C19H33N5O3. The summed E-state index contributed by atoms with van der Waals surface area (Å²) < 4.78 is 11.3. The van der Waals surface area contributed by atoms with Gasteiger partial charge in [0.15, 0.2) is 11.5 Å². The maximum atomic E-state index is 10.2. The number of nitrogens with zero attached hydrogens (tertiary/aromatic N) is 1. The molecule has 27 heavy (non-hydrogen) atoms. The van der Waals surface area contributed by atoms with Crippen LogP contribution in [0.5, 0.6) is 11.5 Å². The molecule has 2 fully saturated rings. The van der Waals surface area contributed by atoms with Gasteiger partial charge in [-0.25, -0.2) is 0 Å². The topological polar surface area (TPSA) is 90.0 Å². The predicted molar refractivity (Wildman–Crippen MR) is 106 cm³/mol. The highest BCUT2D eigenvalue weighted by Crippen LogP contribution is 2.30. The maximum absolute atomic E-state index is 10.2. The summed E-state index contributed by atoms with van der Waals surface area (Å²) in [7, 11) is 3.58. The van der Waals surface area contributed by atoms with Crippen molar-refractivity contribution >= 4 is 5.69 Å². The molecule has 0 aliphatic carbocycles. The van der Waals surface area contributed by atoms with Gasteiger partial charge in [-0.05, 0) is 52.0 Å². The van der Waals surface area contributed by atoms with Gasteiger partial charge in [-0.15, -0.1) is 0 Å². The summed E-state index contributed by atoms with van der Waals surface area (Å²) in [4.78, 5) is 2.23. The fourth-order valence-corrected chi connectivity index (χ4v) is 3.45. The first-order chi connectivity index (χ1) is 13.1. The standard InChI is InChI=1S/C19H33N5O3/c1-13-9-18(20-2)23-19(21-13)22-14-5-6-16(26-3)17(10-14)27-12-15(25)11-24-7-4-8-24/h5-6,10,13,15,18-23,25H,4,7-9,11-12H2,1-3H3/t13?,15-,18?,19?/m1/s1. The first-order valence-electron chi connectivity index (χ1n) is 9.74. The van der Waals surface area contributed by atoms with Crippen molar-refractivity contribution in [1.29, 1.82) is 0 Å². The number of aliphatic hydroxyl groups is 1. The molecule has 0 aromatic heterocycles. The van der Waals surface area contributed by atoms with Crippen LogP contribution in [0.3, 0.4) is 0 Å². The van der Waals surface area contributed by atoms with Crippen molar-refractivity contribution in [2.75, 3.05) is 45.7 Å². The Hall–Kier alpha value is -1.58. The Labute approximate surface area is 161 Å². The summed E-state index contributed by atoms with van der Waals surface area (Å²) >= 11 is 0. The van der Waals surface area contributed by atoms with E-state index in [0.717, 1.165) is 25.2 Å². The van der Waals surface area contributed by atoms with E-state index >= 15 is 0 Å². The minimum absolute atomic E-state index is 0.0514. The fraction of sp³-hybridized carbons (Fsp3) is 0.684. The monoisotopic (exact) mass is 379 g/mol. The van der Waals surface area contributed by atoms with Crippen LogP contribution in [0, 0.1) is 0 Å². The van der Waals surface area contributed by atoms with Crippen molar-refractivity contribution in [2.24, 2.45) is 0 Å². The Kier molecular flexibility index (Phi) is 7.14. The molecule has 0 spiro atoms. The summed E-state index contributed by atoms with van der Waals surface area (Å²) in [5.74, 6) is 1.28. The molecule has 2 heterocycles. The molecule has 3 rings (SSSR count). The highest BCUT2D eigenvalue weighted by molar-refractivity contribution is 5.55. The SMILES string of the molecule is CNC1CC(C)NC(Nc2ccc(OC)c(OC[C@H](O)CN3CCC3)c2)N1. The molecular weight excluding hydrogens is 346 g/mol. The van der Waals surface area contributed by atoms with Gasteiger partial charge >= 0.3 is 0 Å². The number of anilines is 1. The van der Waals surface area contributed by atoms with E-state index in [1.54, 1.807) is 7.11 Å².